The van der Waals surface area contributed by atoms with E-state index in [-0.39, 0.29) is 0 Å². The van der Waals surface area contributed by atoms with Crippen LogP contribution in [0.1, 0.15) is 13.2 Å². The molecule has 0 aliphatic heterocycles. The summed E-state index contributed by atoms with van der Waals surface area (Å²) in [5, 5.41) is 12.3. The molecule has 2 aromatic carbocycles. The highest BCUT2D eigenvalue weighted by atomic mass is 79.9. The fourth-order valence-electron chi connectivity index (χ4n) is 2.40. The minimum absolute atomic E-state index is 0.549. The molecular formula is C14H11Br2NO. The van der Waals surface area contributed by atoms with Crippen LogP contribution in [0.15, 0.2) is 45.3 Å². The third-order valence-electron chi connectivity index (χ3n) is 3.10. The van der Waals surface area contributed by atoms with Crippen molar-refractivity contribution in [3.05, 3.63) is 45.3 Å². The van der Waals surface area contributed by atoms with Crippen molar-refractivity contribution in [1.29, 1.82) is 0 Å². The second-order valence-electron chi connectivity index (χ2n) is 4.32. The lowest BCUT2D eigenvalue weighted by molar-refractivity contribution is 0.134. The van der Waals surface area contributed by atoms with Crippen LogP contribution in [-0.4, -0.2) is 9.67 Å². The zero-order chi connectivity index (χ0) is 12.9. The van der Waals surface area contributed by atoms with Crippen molar-refractivity contribution in [2.75, 3.05) is 0 Å². The Labute approximate surface area is 121 Å². The summed E-state index contributed by atoms with van der Waals surface area (Å²) in [4.78, 5) is 0. The van der Waals surface area contributed by atoms with Gasteiger partial charge < -0.3 is 9.67 Å². The van der Waals surface area contributed by atoms with Crippen LogP contribution in [0, 0.1) is 0 Å². The van der Waals surface area contributed by atoms with E-state index in [1.54, 1.807) is 6.92 Å². The maximum atomic E-state index is 9.99. The number of aliphatic hydroxyl groups excluding tert-OH is 1. The summed E-state index contributed by atoms with van der Waals surface area (Å²) in [6, 6.07) is 12.2. The number of hydrogen-bond donors (Lipinski definition) is 1. The quantitative estimate of drug-likeness (QED) is 0.653. The predicted octanol–water partition coefficient (Wildman–Crippen LogP) is 4.83. The summed E-state index contributed by atoms with van der Waals surface area (Å²) in [7, 11) is 0. The van der Waals surface area contributed by atoms with E-state index in [0.29, 0.717) is 0 Å². The Morgan fingerprint density at radius 3 is 1.78 bits per heavy atom. The standard InChI is InChI=1S/C14H11Br2NO/c1-8(18)17-13-4-2-9(15)6-11(13)12-7-10(16)3-5-14(12)17/h2-8,18H,1H3. The van der Waals surface area contributed by atoms with Crippen LogP contribution in [0.25, 0.3) is 21.8 Å². The van der Waals surface area contributed by atoms with Gasteiger partial charge >= 0.3 is 0 Å². The van der Waals surface area contributed by atoms with Gasteiger partial charge in [-0.05, 0) is 43.3 Å². The molecule has 1 unspecified atom stereocenters. The maximum Gasteiger partial charge on any atom is 0.128 e. The number of nitrogens with zero attached hydrogens (tertiary/aromatic N) is 1. The number of rotatable bonds is 1. The molecule has 1 heterocycles. The normalized spacial score (nSPS) is 13.3. The lowest BCUT2D eigenvalue weighted by Crippen LogP contribution is -2.02. The van der Waals surface area contributed by atoms with Gasteiger partial charge in [0.05, 0.1) is 11.0 Å². The SMILES string of the molecule is CC(O)n1c2ccc(Br)cc2c2cc(Br)ccc21. The Balaban J connectivity index is 2.56. The molecule has 2 nitrogen and oxygen atoms in total. The Morgan fingerprint density at radius 1 is 0.944 bits per heavy atom. The molecule has 1 atom stereocenters. The molecule has 18 heavy (non-hydrogen) atoms. The highest BCUT2D eigenvalue weighted by Crippen LogP contribution is 2.34. The van der Waals surface area contributed by atoms with E-state index >= 15 is 0 Å². The molecule has 0 radical (unpaired) electrons. The van der Waals surface area contributed by atoms with E-state index in [9.17, 15) is 5.11 Å². The molecule has 0 saturated heterocycles. The van der Waals surface area contributed by atoms with Crippen LogP contribution in [0.3, 0.4) is 0 Å². The Kier molecular flexibility index (Phi) is 2.96. The van der Waals surface area contributed by atoms with E-state index in [1.165, 1.54) is 0 Å². The number of halogens is 2. The number of aliphatic hydroxyl groups is 1. The van der Waals surface area contributed by atoms with Gasteiger partial charge in [0, 0.05) is 19.7 Å². The molecule has 0 bridgehead atoms. The summed E-state index contributed by atoms with van der Waals surface area (Å²) >= 11 is 7.00. The predicted molar refractivity (Wildman–Crippen MR) is 81.8 cm³/mol. The van der Waals surface area contributed by atoms with Gasteiger partial charge in [-0.1, -0.05) is 31.9 Å². The first-order valence-corrected chi connectivity index (χ1v) is 7.23. The molecule has 0 fully saturated rings. The molecule has 0 saturated carbocycles. The molecule has 1 aromatic heterocycles. The van der Waals surface area contributed by atoms with Crippen molar-refractivity contribution in [2.45, 2.75) is 13.2 Å². The van der Waals surface area contributed by atoms with Crippen LogP contribution < -0.4 is 0 Å². The van der Waals surface area contributed by atoms with Gasteiger partial charge in [-0.3, -0.25) is 0 Å². The largest absolute Gasteiger partial charge is 0.374 e. The minimum Gasteiger partial charge on any atom is -0.374 e. The Morgan fingerprint density at radius 2 is 1.39 bits per heavy atom. The molecule has 4 heteroatoms. The fraction of sp³-hybridized carbons (Fsp3) is 0.143. The molecule has 0 spiro atoms. The molecule has 3 aromatic rings. The second-order valence-corrected chi connectivity index (χ2v) is 6.16. The van der Waals surface area contributed by atoms with Gasteiger partial charge in [0.2, 0.25) is 0 Å². The first-order valence-electron chi connectivity index (χ1n) is 5.64. The topological polar surface area (TPSA) is 25.2 Å². The lowest BCUT2D eigenvalue weighted by Gasteiger charge is -2.10. The van der Waals surface area contributed by atoms with E-state index in [1.807, 2.05) is 28.8 Å². The first kappa shape index (κ1) is 12.2. The van der Waals surface area contributed by atoms with Crippen LogP contribution in [0.2, 0.25) is 0 Å². The highest BCUT2D eigenvalue weighted by molar-refractivity contribution is 9.10. The third kappa shape index (κ3) is 1.79. The average molecular weight is 369 g/mol. The number of hydrogen-bond acceptors (Lipinski definition) is 1. The van der Waals surface area contributed by atoms with Gasteiger partial charge in [0.15, 0.2) is 0 Å². The summed E-state index contributed by atoms with van der Waals surface area (Å²) < 4.78 is 4.03. The zero-order valence-electron chi connectivity index (χ0n) is 9.69. The summed E-state index contributed by atoms with van der Waals surface area (Å²) in [5.74, 6) is 0. The molecule has 3 rings (SSSR count). The van der Waals surface area contributed by atoms with Crippen LogP contribution in [-0.2, 0) is 0 Å². The molecular weight excluding hydrogens is 358 g/mol. The average Bonchev–Trinajstić information content (AvgIpc) is 2.62. The van der Waals surface area contributed by atoms with Crippen molar-refractivity contribution in [1.82, 2.24) is 4.57 Å². The molecule has 0 amide bonds. The Bertz CT molecular complexity index is 687. The molecule has 92 valence electrons. The molecule has 0 aliphatic rings. The molecule has 0 aliphatic carbocycles. The zero-order valence-corrected chi connectivity index (χ0v) is 12.9. The van der Waals surface area contributed by atoms with Gasteiger partial charge in [-0.25, -0.2) is 0 Å². The van der Waals surface area contributed by atoms with Crippen molar-refractivity contribution in [3.63, 3.8) is 0 Å². The molecule has 1 N–H and O–H groups in total. The Hall–Kier alpha value is -0.840. The van der Waals surface area contributed by atoms with E-state index in [4.69, 9.17) is 0 Å². The third-order valence-corrected chi connectivity index (χ3v) is 4.09. The second kappa shape index (κ2) is 4.37. The van der Waals surface area contributed by atoms with Crippen molar-refractivity contribution < 1.29 is 5.11 Å². The van der Waals surface area contributed by atoms with Crippen LogP contribution >= 0.6 is 31.9 Å². The highest BCUT2D eigenvalue weighted by Gasteiger charge is 2.13. The number of fused-ring (bicyclic) bond motifs is 3. The minimum atomic E-state index is -0.549. The van der Waals surface area contributed by atoms with Gasteiger partial charge in [-0.2, -0.15) is 0 Å². The van der Waals surface area contributed by atoms with Crippen molar-refractivity contribution in [2.24, 2.45) is 0 Å². The van der Waals surface area contributed by atoms with Gasteiger partial charge in [-0.15, -0.1) is 0 Å². The monoisotopic (exact) mass is 367 g/mol. The smallest absolute Gasteiger partial charge is 0.128 e. The van der Waals surface area contributed by atoms with Crippen molar-refractivity contribution in [3.8, 4) is 0 Å². The van der Waals surface area contributed by atoms with E-state index < -0.39 is 6.23 Å². The number of aromatic nitrogens is 1. The first-order chi connectivity index (χ1) is 8.58. The summed E-state index contributed by atoms with van der Waals surface area (Å²) in [5.41, 5.74) is 2.09. The van der Waals surface area contributed by atoms with Gasteiger partial charge in [0.1, 0.15) is 6.23 Å². The summed E-state index contributed by atoms with van der Waals surface area (Å²) in [6.45, 7) is 1.78. The summed E-state index contributed by atoms with van der Waals surface area (Å²) in [6.07, 6.45) is -0.549. The van der Waals surface area contributed by atoms with E-state index in [2.05, 4.69) is 44.0 Å². The fourth-order valence-corrected chi connectivity index (χ4v) is 3.12. The lowest BCUT2D eigenvalue weighted by atomic mass is 10.2. The maximum absolute atomic E-state index is 9.99. The van der Waals surface area contributed by atoms with E-state index in [0.717, 1.165) is 30.8 Å². The van der Waals surface area contributed by atoms with Crippen molar-refractivity contribution >= 4 is 53.7 Å². The van der Waals surface area contributed by atoms with Crippen LogP contribution in [0.5, 0.6) is 0 Å². The number of benzene rings is 2. The van der Waals surface area contributed by atoms with Gasteiger partial charge in [0.25, 0.3) is 0 Å². The van der Waals surface area contributed by atoms with Crippen LogP contribution in [0.4, 0.5) is 0 Å².